The average Bonchev–Trinajstić information content (AvgIpc) is 2.89. The van der Waals surface area contributed by atoms with E-state index in [1.54, 1.807) is 0 Å². The fraction of sp³-hybridized carbons (Fsp3) is 0.333. The van der Waals surface area contributed by atoms with Gasteiger partial charge in [0.1, 0.15) is 19.3 Å². The normalized spacial score (nSPS) is 16.5. The van der Waals surface area contributed by atoms with E-state index in [-0.39, 0.29) is 0 Å². The SMILES string of the molecule is CC(C)(O)CN1C=C[N+](Cc2ccccc2)(Cc2ccccc2)C1. The van der Waals surface area contributed by atoms with Gasteiger partial charge in [0.15, 0.2) is 6.67 Å². The first kappa shape index (κ1) is 16.7. The Kier molecular flexibility index (Phi) is 4.74. The molecule has 1 N–H and O–H groups in total. The van der Waals surface area contributed by atoms with Gasteiger partial charge in [-0.05, 0) is 13.8 Å². The van der Waals surface area contributed by atoms with Gasteiger partial charge in [-0.25, -0.2) is 0 Å². The van der Waals surface area contributed by atoms with Crippen LogP contribution in [0.4, 0.5) is 0 Å². The van der Waals surface area contributed by atoms with Gasteiger partial charge in [0.05, 0.1) is 18.3 Å². The maximum atomic E-state index is 10.1. The van der Waals surface area contributed by atoms with Crippen LogP contribution in [0.15, 0.2) is 73.1 Å². The van der Waals surface area contributed by atoms with Gasteiger partial charge in [-0.15, -0.1) is 0 Å². The van der Waals surface area contributed by atoms with E-state index in [1.807, 2.05) is 13.8 Å². The molecule has 0 unspecified atom stereocenters. The lowest BCUT2D eigenvalue weighted by Gasteiger charge is -2.34. The minimum Gasteiger partial charge on any atom is -0.389 e. The molecule has 0 radical (unpaired) electrons. The maximum absolute atomic E-state index is 10.1. The van der Waals surface area contributed by atoms with E-state index in [4.69, 9.17) is 0 Å². The second kappa shape index (κ2) is 6.80. The van der Waals surface area contributed by atoms with Gasteiger partial charge in [0.25, 0.3) is 0 Å². The Labute approximate surface area is 145 Å². The first-order chi connectivity index (χ1) is 11.4. The first-order valence-corrected chi connectivity index (χ1v) is 8.54. The standard InChI is InChI=1S/C21H27N2O/c1-21(2,24)17-22-13-14-23(18-22,15-19-9-5-3-6-10-19)16-20-11-7-4-8-12-20/h3-14,24H,15-18H2,1-2H3/q+1. The molecule has 3 heteroatoms. The maximum Gasteiger partial charge on any atom is 0.159 e. The summed E-state index contributed by atoms with van der Waals surface area (Å²) in [5.74, 6) is 0. The van der Waals surface area contributed by atoms with Crippen molar-refractivity contribution in [2.75, 3.05) is 13.2 Å². The molecule has 3 rings (SSSR count). The largest absolute Gasteiger partial charge is 0.389 e. The number of quaternary nitrogens is 1. The summed E-state index contributed by atoms with van der Waals surface area (Å²) in [4.78, 5) is 2.23. The minimum absolute atomic E-state index is 0.646. The lowest BCUT2D eigenvalue weighted by molar-refractivity contribution is -0.907. The first-order valence-electron chi connectivity index (χ1n) is 8.54. The predicted octanol–water partition coefficient (Wildman–Crippen LogP) is 3.72. The Hall–Kier alpha value is -2.10. The van der Waals surface area contributed by atoms with E-state index in [0.29, 0.717) is 6.54 Å². The summed E-state index contributed by atoms with van der Waals surface area (Å²) in [5, 5.41) is 10.1. The van der Waals surface area contributed by atoms with E-state index in [2.05, 4.69) is 78.0 Å². The van der Waals surface area contributed by atoms with Crippen molar-refractivity contribution in [2.45, 2.75) is 32.5 Å². The molecule has 1 aliphatic rings. The summed E-state index contributed by atoms with van der Waals surface area (Å²) >= 11 is 0. The third kappa shape index (κ3) is 4.47. The zero-order valence-electron chi connectivity index (χ0n) is 14.6. The highest BCUT2D eigenvalue weighted by Crippen LogP contribution is 2.27. The van der Waals surface area contributed by atoms with Gasteiger partial charge in [0, 0.05) is 11.1 Å². The van der Waals surface area contributed by atoms with Crippen molar-refractivity contribution in [3.05, 3.63) is 84.2 Å². The molecule has 0 atom stereocenters. The van der Waals surface area contributed by atoms with E-state index in [9.17, 15) is 5.11 Å². The highest BCUT2D eigenvalue weighted by Gasteiger charge is 2.34. The molecule has 2 aromatic carbocycles. The van der Waals surface area contributed by atoms with E-state index < -0.39 is 5.60 Å². The molecule has 126 valence electrons. The fourth-order valence-corrected chi connectivity index (χ4v) is 3.45. The van der Waals surface area contributed by atoms with Crippen LogP contribution in [0.1, 0.15) is 25.0 Å². The van der Waals surface area contributed by atoms with Crippen molar-refractivity contribution in [1.29, 1.82) is 0 Å². The smallest absolute Gasteiger partial charge is 0.159 e. The van der Waals surface area contributed by atoms with Gasteiger partial charge in [-0.3, -0.25) is 4.48 Å². The average molecular weight is 323 g/mol. The monoisotopic (exact) mass is 323 g/mol. The summed E-state index contributed by atoms with van der Waals surface area (Å²) in [5.41, 5.74) is 1.98. The molecular weight excluding hydrogens is 296 g/mol. The molecule has 0 bridgehead atoms. The molecule has 0 saturated heterocycles. The van der Waals surface area contributed by atoms with Crippen molar-refractivity contribution in [3.8, 4) is 0 Å². The highest BCUT2D eigenvalue weighted by atomic mass is 16.3. The van der Waals surface area contributed by atoms with Crippen LogP contribution in [-0.4, -0.2) is 33.3 Å². The molecule has 24 heavy (non-hydrogen) atoms. The van der Waals surface area contributed by atoms with Crippen molar-refractivity contribution in [1.82, 2.24) is 4.90 Å². The van der Waals surface area contributed by atoms with E-state index in [0.717, 1.165) is 24.2 Å². The number of benzene rings is 2. The molecule has 0 saturated carbocycles. The Bertz CT molecular complexity index is 632. The molecular formula is C21H27N2O+. The second-order valence-corrected chi connectivity index (χ2v) is 7.50. The number of aliphatic hydroxyl groups is 1. The number of hydrogen-bond acceptors (Lipinski definition) is 2. The van der Waals surface area contributed by atoms with Crippen molar-refractivity contribution < 1.29 is 9.59 Å². The van der Waals surface area contributed by atoms with E-state index in [1.165, 1.54) is 11.1 Å². The molecule has 3 nitrogen and oxygen atoms in total. The Balaban J connectivity index is 1.81. The third-order valence-corrected chi connectivity index (χ3v) is 4.33. The Morgan fingerprint density at radius 3 is 1.88 bits per heavy atom. The Morgan fingerprint density at radius 1 is 0.917 bits per heavy atom. The molecule has 1 aliphatic heterocycles. The van der Waals surface area contributed by atoms with Crippen molar-refractivity contribution >= 4 is 0 Å². The van der Waals surface area contributed by atoms with Crippen LogP contribution in [0, 0.1) is 0 Å². The molecule has 0 aromatic heterocycles. The van der Waals surface area contributed by atoms with Crippen LogP contribution < -0.4 is 0 Å². The van der Waals surface area contributed by atoms with Gasteiger partial charge >= 0.3 is 0 Å². The lowest BCUT2D eigenvalue weighted by Crippen LogP contribution is -2.46. The number of nitrogens with zero attached hydrogens (tertiary/aromatic N) is 2. The van der Waals surface area contributed by atoms with Gasteiger partial charge in [0.2, 0.25) is 0 Å². The van der Waals surface area contributed by atoms with Crippen LogP contribution in [0.25, 0.3) is 0 Å². The van der Waals surface area contributed by atoms with Gasteiger partial charge < -0.3 is 10.0 Å². The molecule has 0 spiro atoms. The molecule has 0 amide bonds. The third-order valence-electron chi connectivity index (χ3n) is 4.33. The van der Waals surface area contributed by atoms with Crippen LogP contribution in [0.3, 0.4) is 0 Å². The number of rotatable bonds is 6. The zero-order valence-corrected chi connectivity index (χ0v) is 14.6. The summed E-state index contributed by atoms with van der Waals surface area (Å²) in [6.07, 6.45) is 4.43. The summed E-state index contributed by atoms with van der Waals surface area (Å²) in [7, 11) is 0. The Morgan fingerprint density at radius 2 is 1.42 bits per heavy atom. The molecule has 0 aliphatic carbocycles. The minimum atomic E-state index is -0.691. The van der Waals surface area contributed by atoms with Crippen LogP contribution in [-0.2, 0) is 13.1 Å². The van der Waals surface area contributed by atoms with Crippen LogP contribution >= 0.6 is 0 Å². The zero-order chi connectivity index (χ0) is 17.0. The molecule has 0 fully saturated rings. The highest BCUT2D eigenvalue weighted by molar-refractivity contribution is 5.16. The topological polar surface area (TPSA) is 23.5 Å². The van der Waals surface area contributed by atoms with Crippen LogP contribution in [0.5, 0.6) is 0 Å². The van der Waals surface area contributed by atoms with Crippen LogP contribution in [0.2, 0.25) is 0 Å². The number of β-amino-alcohol motifs (C(OH)–C–C–N with tert-alkyl or cyclic N) is 1. The summed E-state index contributed by atoms with van der Waals surface area (Å²) in [6.45, 7) is 7.16. The van der Waals surface area contributed by atoms with Gasteiger partial charge in [-0.1, -0.05) is 60.7 Å². The molecule has 2 aromatic rings. The lowest BCUT2D eigenvalue weighted by atomic mass is 10.1. The quantitative estimate of drug-likeness (QED) is 0.819. The summed E-state index contributed by atoms with van der Waals surface area (Å²) < 4.78 is 0.851. The fourth-order valence-electron chi connectivity index (χ4n) is 3.45. The summed E-state index contributed by atoms with van der Waals surface area (Å²) in [6, 6.07) is 21.3. The number of hydrogen-bond donors (Lipinski definition) is 1. The predicted molar refractivity (Wildman–Crippen MR) is 97.6 cm³/mol. The second-order valence-electron chi connectivity index (χ2n) is 7.50. The molecule has 1 heterocycles. The van der Waals surface area contributed by atoms with Crippen molar-refractivity contribution in [3.63, 3.8) is 0 Å². The van der Waals surface area contributed by atoms with E-state index >= 15 is 0 Å². The van der Waals surface area contributed by atoms with Crippen molar-refractivity contribution in [2.24, 2.45) is 0 Å². The van der Waals surface area contributed by atoms with Gasteiger partial charge in [-0.2, -0.15) is 0 Å².